The first-order valence-corrected chi connectivity index (χ1v) is 6.81. The van der Waals surface area contributed by atoms with E-state index in [0.29, 0.717) is 10.8 Å². The topological polar surface area (TPSA) is 72.5 Å². The van der Waals surface area contributed by atoms with Gasteiger partial charge in [0, 0.05) is 11.9 Å². The number of nitrogens with one attached hydrogen (secondary N) is 1. The van der Waals surface area contributed by atoms with Gasteiger partial charge in [-0.25, -0.2) is 0 Å². The van der Waals surface area contributed by atoms with E-state index >= 15 is 0 Å². The molecule has 1 aliphatic carbocycles. The Kier molecular flexibility index (Phi) is 2.51. The highest BCUT2D eigenvalue weighted by molar-refractivity contribution is 7.15. The van der Waals surface area contributed by atoms with Crippen molar-refractivity contribution in [1.29, 1.82) is 0 Å². The molecule has 1 fully saturated rings. The van der Waals surface area contributed by atoms with E-state index in [0.717, 1.165) is 6.54 Å². The van der Waals surface area contributed by atoms with Crippen LogP contribution in [0.25, 0.3) is 4.96 Å². The largest absolute Gasteiger partial charge is 0.372 e. The third-order valence-electron chi connectivity index (χ3n) is 3.65. The molecule has 0 unspecified atom stereocenters. The number of hydrogen-bond acceptors (Lipinski definition) is 5. The van der Waals surface area contributed by atoms with Gasteiger partial charge in [-0.2, -0.15) is 9.38 Å². The highest BCUT2D eigenvalue weighted by Crippen LogP contribution is 2.40. The molecule has 0 aliphatic heterocycles. The molecule has 0 spiro atoms. The van der Waals surface area contributed by atoms with Crippen molar-refractivity contribution in [3.8, 4) is 0 Å². The molecule has 1 N–H and O–H groups in total. The molecule has 6 nitrogen and oxygen atoms in total. The zero-order valence-corrected chi connectivity index (χ0v) is 10.9. The van der Waals surface area contributed by atoms with E-state index in [1.54, 1.807) is 11.6 Å². The average molecular weight is 266 g/mol. The molecule has 18 heavy (non-hydrogen) atoms. The summed E-state index contributed by atoms with van der Waals surface area (Å²) in [5, 5.41) is 16.1. The van der Waals surface area contributed by atoms with Crippen LogP contribution >= 0.6 is 11.3 Å². The van der Waals surface area contributed by atoms with Crippen molar-refractivity contribution >= 4 is 27.9 Å². The number of rotatable bonds is 4. The van der Waals surface area contributed by atoms with Gasteiger partial charge in [0.1, 0.15) is 6.20 Å². The summed E-state index contributed by atoms with van der Waals surface area (Å²) in [5.41, 5.74) is 0.269. The standard InChI is InChI=1S/C11H14N4O2S/c1-11(3-2-4-11)7-12-8-9(15(16)17)14-5-6-18-10(14)13-8/h5-6,12H,2-4,7H2,1H3. The Morgan fingerprint density at radius 3 is 3.06 bits per heavy atom. The minimum Gasteiger partial charge on any atom is -0.362 e. The van der Waals surface area contributed by atoms with Crippen LogP contribution in [-0.4, -0.2) is 20.9 Å². The minimum absolute atomic E-state index is 0.0363. The lowest BCUT2D eigenvalue weighted by Crippen LogP contribution is -2.33. The fraction of sp³-hybridized carbons (Fsp3) is 0.545. The van der Waals surface area contributed by atoms with Crippen LogP contribution in [-0.2, 0) is 0 Å². The number of imidazole rings is 1. The summed E-state index contributed by atoms with van der Waals surface area (Å²) in [6.07, 6.45) is 5.28. The van der Waals surface area contributed by atoms with Crippen LogP contribution in [0.5, 0.6) is 0 Å². The van der Waals surface area contributed by atoms with Crippen LogP contribution in [0, 0.1) is 15.5 Å². The molecule has 0 saturated heterocycles. The fourth-order valence-corrected chi connectivity index (χ4v) is 3.03. The first-order chi connectivity index (χ1) is 8.59. The molecule has 3 rings (SSSR count). The maximum atomic E-state index is 11.1. The Morgan fingerprint density at radius 1 is 1.67 bits per heavy atom. The Labute approximate surface area is 108 Å². The summed E-state index contributed by atoms with van der Waals surface area (Å²) in [4.78, 5) is 15.7. The summed E-state index contributed by atoms with van der Waals surface area (Å²) < 4.78 is 1.52. The van der Waals surface area contributed by atoms with Crippen molar-refractivity contribution in [3.63, 3.8) is 0 Å². The lowest BCUT2D eigenvalue weighted by atomic mass is 9.70. The van der Waals surface area contributed by atoms with Gasteiger partial charge in [0.15, 0.2) is 0 Å². The number of thiazole rings is 1. The van der Waals surface area contributed by atoms with Gasteiger partial charge >= 0.3 is 5.82 Å². The predicted octanol–water partition coefficient (Wildman–Crippen LogP) is 2.91. The van der Waals surface area contributed by atoms with E-state index in [-0.39, 0.29) is 16.2 Å². The van der Waals surface area contributed by atoms with Crippen molar-refractivity contribution in [2.45, 2.75) is 26.2 Å². The molecular formula is C11H14N4O2S. The molecule has 0 radical (unpaired) electrons. The lowest BCUT2D eigenvalue weighted by molar-refractivity contribution is -0.389. The second-order valence-corrected chi connectivity index (χ2v) is 5.99. The van der Waals surface area contributed by atoms with E-state index < -0.39 is 0 Å². The summed E-state index contributed by atoms with van der Waals surface area (Å²) in [6, 6.07) is 0. The molecule has 0 atom stereocenters. The maximum Gasteiger partial charge on any atom is 0.372 e. The van der Waals surface area contributed by atoms with Gasteiger partial charge in [0.2, 0.25) is 5.82 Å². The molecule has 2 aromatic heterocycles. The molecule has 96 valence electrons. The minimum atomic E-state index is -0.377. The maximum absolute atomic E-state index is 11.1. The number of fused-ring (bicyclic) bond motifs is 1. The zero-order valence-electron chi connectivity index (χ0n) is 10.0. The van der Waals surface area contributed by atoms with Crippen LogP contribution in [0.1, 0.15) is 26.2 Å². The van der Waals surface area contributed by atoms with Crippen molar-refractivity contribution < 1.29 is 4.92 Å². The number of anilines is 1. The second-order valence-electron chi connectivity index (χ2n) is 5.11. The van der Waals surface area contributed by atoms with Crippen LogP contribution < -0.4 is 5.32 Å². The second kappa shape index (κ2) is 3.94. The Bertz CT molecular complexity index is 599. The third-order valence-corrected chi connectivity index (χ3v) is 4.41. The van der Waals surface area contributed by atoms with E-state index in [4.69, 9.17) is 0 Å². The molecule has 0 aromatic carbocycles. The fourth-order valence-electron chi connectivity index (χ4n) is 2.32. The molecule has 1 saturated carbocycles. The molecule has 2 aromatic rings. The quantitative estimate of drug-likeness (QED) is 0.682. The van der Waals surface area contributed by atoms with Gasteiger partial charge in [-0.05, 0) is 23.2 Å². The normalized spacial score (nSPS) is 17.6. The Balaban J connectivity index is 1.88. The lowest BCUT2D eigenvalue weighted by Gasteiger charge is -2.38. The monoisotopic (exact) mass is 266 g/mol. The molecule has 0 amide bonds. The van der Waals surface area contributed by atoms with Crippen LogP contribution in [0.3, 0.4) is 0 Å². The summed E-state index contributed by atoms with van der Waals surface area (Å²) >= 11 is 1.40. The number of nitro groups is 1. The Morgan fingerprint density at radius 2 is 2.44 bits per heavy atom. The van der Waals surface area contributed by atoms with Crippen LogP contribution in [0.2, 0.25) is 0 Å². The van der Waals surface area contributed by atoms with E-state index in [1.165, 1.54) is 35.0 Å². The molecule has 1 aliphatic rings. The third kappa shape index (κ3) is 1.74. The van der Waals surface area contributed by atoms with Gasteiger partial charge in [-0.15, -0.1) is 0 Å². The first-order valence-electron chi connectivity index (χ1n) is 5.93. The predicted molar refractivity (Wildman–Crippen MR) is 70.2 cm³/mol. The molecule has 0 bridgehead atoms. The van der Waals surface area contributed by atoms with Crippen molar-refractivity contribution in [2.24, 2.45) is 5.41 Å². The molecule has 7 heteroatoms. The van der Waals surface area contributed by atoms with E-state index in [9.17, 15) is 10.1 Å². The summed E-state index contributed by atoms with van der Waals surface area (Å²) in [7, 11) is 0. The SMILES string of the molecule is CC1(CNc2nc3sccn3c2[N+](=O)[O-])CCC1. The number of nitrogens with zero attached hydrogens (tertiary/aromatic N) is 3. The van der Waals surface area contributed by atoms with Gasteiger partial charge < -0.3 is 15.4 Å². The van der Waals surface area contributed by atoms with Crippen molar-refractivity contribution in [2.75, 3.05) is 11.9 Å². The zero-order chi connectivity index (χ0) is 12.8. The highest BCUT2D eigenvalue weighted by Gasteiger charge is 2.33. The highest BCUT2D eigenvalue weighted by atomic mass is 32.1. The van der Waals surface area contributed by atoms with Gasteiger partial charge in [-0.1, -0.05) is 24.7 Å². The average Bonchev–Trinajstić information content (AvgIpc) is 2.82. The van der Waals surface area contributed by atoms with Gasteiger partial charge in [-0.3, -0.25) is 0 Å². The van der Waals surface area contributed by atoms with E-state index in [2.05, 4.69) is 17.2 Å². The summed E-state index contributed by atoms with van der Waals surface area (Å²) in [5.74, 6) is 0.425. The first kappa shape index (κ1) is 11.5. The van der Waals surface area contributed by atoms with E-state index in [1.807, 2.05) is 0 Å². The number of hydrogen-bond donors (Lipinski definition) is 1. The molecule has 2 heterocycles. The van der Waals surface area contributed by atoms with Crippen molar-refractivity contribution in [3.05, 3.63) is 21.7 Å². The number of aromatic nitrogens is 2. The van der Waals surface area contributed by atoms with Crippen molar-refractivity contribution in [1.82, 2.24) is 9.38 Å². The Hall–Kier alpha value is -1.63. The summed E-state index contributed by atoms with van der Waals surface area (Å²) in [6.45, 7) is 2.95. The van der Waals surface area contributed by atoms with Crippen LogP contribution in [0.4, 0.5) is 11.6 Å². The van der Waals surface area contributed by atoms with Crippen LogP contribution in [0.15, 0.2) is 11.6 Å². The van der Waals surface area contributed by atoms with Gasteiger partial charge in [0.05, 0.1) is 0 Å². The molecular weight excluding hydrogens is 252 g/mol. The smallest absolute Gasteiger partial charge is 0.362 e. The van der Waals surface area contributed by atoms with Gasteiger partial charge in [0.25, 0.3) is 4.96 Å².